The highest BCUT2D eigenvalue weighted by atomic mass is 31.2. The first-order valence-electron chi connectivity index (χ1n) is 13.7. The molecule has 0 aliphatic rings. The second-order valence-electron chi connectivity index (χ2n) is 8.71. The number of aliphatic hydroxyl groups is 2. The minimum atomic E-state index is -4.61. The molecule has 0 bridgehead atoms. The van der Waals surface area contributed by atoms with Crippen molar-refractivity contribution < 1.29 is 47.8 Å². The largest absolute Gasteiger partial charge is 0.472 e. The number of allylic oxidation sites excluding steroid dienone is 9. The molecule has 0 aliphatic carbocycles. The highest BCUT2D eigenvalue weighted by Gasteiger charge is 2.26. The standard InChI is InChI=1S/C29H47O10P/c1-3-5-7-8-9-10-11-12-13-14-15-16-17-18-19-21-29(33)39-27(24-36-28(32)20-6-4-2)25-38-40(34,35)37-23-26(31)22-30/h5,7,9-10,12-13,15-16,18-19,26-27,30-31H,3-4,6,8,11,14,17,20-25H2,1-2H3,(H,34,35)/b7-5-,10-9-,13-12-,16-15-,19-18-. The molecule has 228 valence electrons. The molecule has 10 nitrogen and oxygen atoms in total. The lowest BCUT2D eigenvalue weighted by atomic mass is 10.2. The zero-order valence-electron chi connectivity index (χ0n) is 23.8. The Morgan fingerprint density at radius 3 is 1.82 bits per heavy atom. The van der Waals surface area contributed by atoms with Gasteiger partial charge in [0.25, 0.3) is 0 Å². The summed E-state index contributed by atoms with van der Waals surface area (Å²) < 4.78 is 31.7. The van der Waals surface area contributed by atoms with Crippen LogP contribution in [0, 0.1) is 0 Å². The van der Waals surface area contributed by atoms with E-state index in [0.29, 0.717) is 12.8 Å². The molecule has 0 aromatic heterocycles. The number of rotatable bonds is 24. The van der Waals surface area contributed by atoms with Crippen LogP contribution in [-0.2, 0) is 32.7 Å². The van der Waals surface area contributed by atoms with Crippen molar-refractivity contribution in [1.29, 1.82) is 0 Å². The van der Waals surface area contributed by atoms with E-state index in [1.165, 1.54) is 0 Å². The number of hydrogen-bond acceptors (Lipinski definition) is 9. The molecule has 0 saturated heterocycles. The minimum absolute atomic E-state index is 0.0518. The number of ether oxygens (including phenoxy) is 2. The third kappa shape index (κ3) is 24.7. The maximum Gasteiger partial charge on any atom is 0.472 e. The van der Waals surface area contributed by atoms with Crippen LogP contribution in [0.4, 0.5) is 0 Å². The van der Waals surface area contributed by atoms with E-state index in [1.54, 1.807) is 6.08 Å². The molecule has 0 saturated carbocycles. The molecule has 0 aromatic rings. The number of esters is 2. The number of carbonyl (C=O) groups excluding carboxylic acids is 2. The molecule has 3 unspecified atom stereocenters. The number of phosphoric acid groups is 1. The zero-order valence-corrected chi connectivity index (χ0v) is 24.7. The molecule has 0 rings (SSSR count). The lowest BCUT2D eigenvalue weighted by Gasteiger charge is -2.20. The Labute approximate surface area is 238 Å². The van der Waals surface area contributed by atoms with Crippen LogP contribution in [0.25, 0.3) is 0 Å². The molecule has 0 amide bonds. The van der Waals surface area contributed by atoms with E-state index < -0.39 is 51.8 Å². The number of carbonyl (C=O) groups is 2. The monoisotopic (exact) mass is 586 g/mol. The summed E-state index contributed by atoms with van der Waals surface area (Å²) in [5, 5.41) is 18.0. The van der Waals surface area contributed by atoms with Crippen molar-refractivity contribution in [2.75, 3.05) is 26.4 Å². The fraction of sp³-hybridized carbons (Fsp3) is 0.586. The van der Waals surface area contributed by atoms with Gasteiger partial charge in [-0.1, -0.05) is 81.0 Å². The number of hydrogen-bond donors (Lipinski definition) is 3. The molecule has 0 spiro atoms. The Morgan fingerprint density at radius 2 is 1.30 bits per heavy atom. The van der Waals surface area contributed by atoms with Crippen molar-refractivity contribution >= 4 is 19.8 Å². The van der Waals surface area contributed by atoms with Crippen LogP contribution in [0.2, 0.25) is 0 Å². The van der Waals surface area contributed by atoms with Crippen LogP contribution in [0.3, 0.4) is 0 Å². The number of aliphatic hydroxyl groups excluding tert-OH is 2. The molecular formula is C29H47O10P. The molecule has 3 N–H and O–H groups in total. The first kappa shape index (κ1) is 37.7. The molecule has 40 heavy (non-hydrogen) atoms. The number of unbranched alkanes of at least 4 members (excludes halogenated alkanes) is 1. The highest BCUT2D eigenvalue weighted by molar-refractivity contribution is 7.47. The van der Waals surface area contributed by atoms with Gasteiger partial charge in [-0.3, -0.25) is 18.6 Å². The highest BCUT2D eigenvalue weighted by Crippen LogP contribution is 2.43. The van der Waals surface area contributed by atoms with Crippen LogP contribution in [0.5, 0.6) is 0 Å². The van der Waals surface area contributed by atoms with Crippen LogP contribution >= 0.6 is 7.82 Å². The van der Waals surface area contributed by atoms with E-state index in [9.17, 15) is 24.2 Å². The van der Waals surface area contributed by atoms with Crippen molar-refractivity contribution in [2.45, 2.75) is 83.8 Å². The minimum Gasteiger partial charge on any atom is -0.462 e. The van der Waals surface area contributed by atoms with Crippen molar-refractivity contribution in [3.63, 3.8) is 0 Å². The van der Waals surface area contributed by atoms with Crippen LogP contribution in [0.15, 0.2) is 60.8 Å². The van der Waals surface area contributed by atoms with Gasteiger partial charge >= 0.3 is 19.8 Å². The SMILES string of the molecule is CC/C=C\C/C=C\C/C=C\C/C=C\C/C=C\CC(=O)OC(COC(=O)CCCC)COP(=O)(O)OCC(O)CO. The fourth-order valence-electron chi connectivity index (χ4n) is 2.81. The summed E-state index contributed by atoms with van der Waals surface area (Å²) >= 11 is 0. The quantitative estimate of drug-likeness (QED) is 0.0777. The first-order chi connectivity index (χ1) is 19.2. The van der Waals surface area contributed by atoms with Crippen LogP contribution < -0.4 is 0 Å². The van der Waals surface area contributed by atoms with Gasteiger partial charge in [-0.2, -0.15) is 0 Å². The van der Waals surface area contributed by atoms with Gasteiger partial charge in [-0.25, -0.2) is 4.57 Å². The summed E-state index contributed by atoms with van der Waals surface area (Å²) in [6.07, 6.45) is 23.7. The maximum absolute atomic E-state index is 12.3. The van der Waals surface area contributed by atoms with Crippen molar-refractivity contribution in [2.24, 2.45) is 0 Å². The summed E-state index contributed by atoms with van der Waals surface area (Å²) in [5.41, 5.74) is 0. The molecule has 0 fully saturated rings. The number of phosphoric ester groups is 1. The van der Waals surface area contributed by atoms with E-state index in [0.717, 1.165) is 32.1 Å². The van der Waals surface area contributed by atoms with Gasteiger partial charge in [0.15, 0.2) is 6.10 Å². The summed E-state index contributed by atoms with van der Waals surface area (Å²) in [6.45, 7) is 1.79. The van der Waals surface area contributed by atoms with E-state index in [1.807, 2.05) is 25.2 Å². The van der Waals surface area contributed by atoms with E-state index >= 15 is 0 Å². The smallest absolute Gasteiger partial charge is 0.462 e. The van der Waals surface area contributed by atoms with E-state index in [2.05, 4.69) is 47.9 Å². The van der Waals surface area contributed by atoms with Crippen molar-refractivity contribution in [3.8, 4) is 0 Å². The molecular weight excluding hydrogens is 539 g/mol. The van der Waals surface area contributed by atoms with E-state index in [-0.39, 0.29) is 19.4 Å². The molecule has 3 atom stereocenters. The Balaban J connectivity index is 4.53. The second kappa shape index (κ2) is 25.6. The van der Waals surface area contributed by atoms with E-state index in [4.69, 9.17) is 19.1 Å². The van der Waals surface area contributed by atoms with Gasteiger partial charge < -0.3 is 24.6 Å². The average molecular weight is 587 g/mol. The molecule has 0 radical (unpaired) electrons. The maximum atomic E-state index is 12.3. The third-order valence-corrected chi connectivity index (χ3v) is 5.92. The second-order valence-corrected chi connectivity index (χ2v) is 10.2. The zero-order chi connectivity index (χ0) is 29.9. The Bertz CT molecular complexity index is 863. The van der Waals surface area contributed by atoms with Crippen LogP contribution in [0.1, 0.15) is 71.6 Å². The molecule has 0 heterocycles. The predicted molar refractivity (Wildman–Crippen MR) is 154 cm³/mol. The van der Waals surface area contributed by atoms with Gasteiger partial charge in [0.2, 0.25) is 0 Å². The lowest BCUT2D eigenvalue weighted by Crippen LogP contribution is -2.29. The summed E-state index contributed by atoms with van der Waals surface area (Å²) in [4.78, 5) is 33.8. The summed E-state index contributed by atoms with van der Waals surface area (Å²) in [5.74, 6) is -1.13. The normalized spacial score (nSPS) is 15.4. The van der Waals surface area contributed by atoms with Gasteiger partial charge in [-0.05, 0) is 38.5 Å². The summed E-state index contributed by atoms with van der Waals surface area (Å²) in [6, 6.07) is 0. The van der Waals surface area contributed by atoms with Gasteiger partial charge in [0, 0.05) is 6.42 Å². The Kier molecular flexibility index (Phi) is 24.1. The average Bonchev–Trinajstić information content (AvgIpc) is 2.94. The molecule has 11 heteroatoms. The molecule has 0 aromatic carbocycles. The Hall–Kier alpha value is -2.33. The van der Waals surface area contributed by atoms with Crippen molar-refractivity contribution in [3.05, 3.63) is 60.8 Å². The van der Waals surface area contributed by atoms with Gasteiger partial charge in [-0.15, -0.1) is 0 Å². The molecule has 0 aliphatic heterocycles. The summed E-state index contributed by atoms with van der Waals surface area (Å²) in [7, 11) is -4.61. The predicted octanol–water partition coefficient (Wildman–Crippen LogP) is 5.26. The van der Waals surface area contributed by atoms with Gasteiger partial charge in [0.1, 0.15) is 12.7 Å². The fourth-order valence-corrected chi connectivity index (χ4v) is 3.60. The van der Waals surface area contributed by atoms with Crippen molar-refractivity contribution in [1.82, 2.24) is 0 Å². The van der Waals surface area contributed by atoms with Crippen LogP contribution in [-0.4, -0.2) is 65.7 Å². The third-order valence-electron chi connectivity index (χ3n) is 4.97. The topological polar surface area (TPSA) is 149 Å². The first-order valence-corrected chi connectivity index (χ1v) is 15.2. The van der Waals surface area contributed by atoms with Gasteiger partial charge in [0.05, 0.1) is 26.2 Å². The lowest BCUT2D eigenvalue weighted by molar-refractivity contribution is -0.160. The Morgan fingerprint density at radius 1 is 0.775 bits per heavy atom.